The van der Waals surface area contributed by atoms with Gasteiger partial charge in [-0.1, -0.05) is 30.9 Å². The van der Waals surface area contributed by atoms with Crippen LogP contribution in [-0.4, -0.2) is 14.4 Å². The molecule has 1 fully saturated rings. The quantitative estimate of drug-likeness (QED) is 0.474. The summed E-state index contributed by atoms with van der Waals surface area (Å²) in [5.74, 6) is 0.261. The predicted octanol–water partition coefficient (Wildman–Crippen LogP) is 2.79. The molecule has 0 amide bonds. The number of rotatable bonds is 2. The van der Waals surface area contributed by atoms with E-state index in [-0.39, 0.29) is 5.92 Å². The Morgan fingerprint density at radius 2 is 2.08 bits per heavy atom. The van der Waals surface area contributed by atoms with Crippen LogP contribution in [0.15, 0.2) is 11.3 Å². The number of allylic oxidation sites excluding steroid dienone is 1. The van der Waals surface area contributed by atoms with Crippen LogP contribution in [-0.2, 0) is 4.79 Å². The highest BCUT2D eigenvalue weighted by molar-refractivity contribution is 6.81. The van der Waals surface area contributed by atoms with Gasteiger partial charge in [0.2, 0.25) is 0 Å². The maximum absolute atomic E-state index is 10.7. The SMILES string of the molecule is C[Si](C)(C)/C=C1/CCCC1C=O. The zero-order valence-electron chi connectivity index (χ0n) is 8.26. The van der Waals surface area contributed by atoms with Gasteiger partial charge in [-0.3, -0.25) is 0 Å². The fourth-order valence-electron chi connectivity index (χ4n) is 1.79. The molecular formula is C10H18OSi. The zero-order valence-corrected chi connectivity index (χ0v) is 9.26. The lowest BCUT2D eigenvalue weighted by molar-refractivity contribution is -0.110. The van der Waals surface area contributed by atoms with Crippen molar-refractivity contribution in [3.63, 3.8) is 0 Å². The molecule has 0 heterocycles. The van der Waals surface area contributed by atoms with Crippen molar-refractivity contribution in [1.29, 1.82) is 0 Å². The van der Waals surface area contributed by atoms with Crippen LogP contribution in [0.3, 0.4) is 0 Å². The van der Waals surface area contributed by atoms with Gasteiger partial charge in [-0.15, -0.1) is 0 Å². The average Bonchev–Trinajstić information content (AvgIpc) is 2.31. The molecule has 12 heavy (non-hydrogen) atoms. The van der Waals surface area contributed by atoms with E-state index in [1.54, 1.807) is 0 Å². The Hall–Kier alpha value is -0.373. The molecule has 0 aliphatic heterocycles. The Kier molecular flexibility index (Phi) is 2.88. The summed E-state index contributed by atoms with van der Waals surface area (Å²) < 4.78 is 0. The highest BCUT2D eigenvalue weighted by Crippen LogP contribution is 2.30. The van der Waals surface area contributed by atoms with E-state index in [0.29, 0.717) is 0 Å². The summed E-state index contributed by atoms with van der Waals surface area (Å²) in [5.41, 5.74) is 3.82. The van der Waals surface area contributed by atoms with Crippen molar-refractivity contribution in [2.24, 2.45) is 5.92 Å². The first-order chi connectivity index (χ1) is 5.53. The number of hydrogen-bond donors (Lipinski definition) is 0. The van der Waals surface area contributed by atoms with Crippen LogP contribution < -0.4 is 0 Å². The van der Waals surface area contributed by atoms with Crippen LogP contribution in [0.5, 0.6) is 0 Å². The van der Waals surface area contributed by atoms with Gasteiger partial charge in [0.1, 0.15) is 6.29 Å². The number of hydrogen-bond acceptors (Lipinski definition) is 1. The van der Waals surface area contributed by atoms with Gasteiger partial charge < -0.3 is 4.79 Å². The standard InChI is InChI=1S/C10H18OSi/c1-12(2,3)8-10-6-4-5-9(10)7-11/h7-9H,4-6H2,1-3H3/b10-8-. The molecule has 0 bridgehead atoms. The van der Waals surface area contributed by atoms with Gasteiger partial charge in [0.05, 0.1) is 8.07 Å². The lowest BCUT2D eigenvalue weighted by atomic mass is 10.1. The van der Waals surface area contributed by atoms with E-state index in [0.717, 1.165) is 19.1 Å². The normalized spacial score (nSPS) is 27.9. The van der Waals surface area contributed by atoms with Crippen LogP contribution >= 0.6 is 0 Å². The lowest BCUT2D eigenvalue weighted by Gasteiger charge is -2.13. The minimum Gasteiger partial charge on any atom is -0.303 e. The van der Waals surface area contributed by atoms with Crippen LogP contribution in [0.1, 0.15) is 19.3 Å². The molecule has 1 nitrogen and oxygen atoms in total. The largest absolute Gasteiger partial charge is 0.303 e. The van der Waals surface area contributed by atoms with Crippen molar-refractivity contribution in [3.8, 4) is 0 Å². The molecule has 0 radical (unpaired) electrons. The number of carbonyl (C=O) groups excluding carboxylic acids is 1. The van der Waals surface area contributed by atoms with E-state index >= 15 is 0 Å². The van der Waals surface area contributed by atoms with Gasteiger partial charge >= 0.3 is 0 Å². The van der Waals surface area contributed by atoms with Gasteiger partial charge in [0.15, 0.2) is 0 Å². The molecule has 1 aliphatic rings. The molecule has 0 N–H and O–H groups in total. The van der Waals surface area contributed by atoms with Crippen LogP contribution in [0.2, 0.25) is 19.6 Å². The lowest BCUT2D eigenvalue weighted by Crippen LogP contribution is -2.18. The molecule has 68 valence electrons. The molecular weight excluding hydrogens is 164 g/mol. The Bertz CT molecular complexity index is 200. The minimum absolute atomic E-state index is 0.261. The van der Waals surface area contributed by atoms with Gasteiger partial charge in [-0.05, 0) is 19.3 Å². The highest BCUT2D eigenvalue weighted by atomic mass is 28.3. The molecule has 1 unspecified atom stereocenters. The van der Waals surface area contributed by atoms with Crippen LogP contribution in [0.25, 0.3) is 0 Å². The number of aldehydes is 1. The van der Waals surface area contributed by atoms with Gasteiger partial charge in [0.25, 0.3) is 0 Å². The van der Waals surface area contributed by atoms with Crippen molar-refractivity contribution >= 4 is 14.4 Å². The second kappa shape index (κ2) is 3.56. The van der Waals surface area contributed by atoms with E-state index in [1.165, 1.54) is 12.0 Å². The van der Waals surface area contributed by atoms with Crippen molar-refractivity contribution in [2.45, 2.75) is 38.9 Å². The molecule has 0 aromatic rings. The smallest absolute Gasteiger partial charge is 0.127 e. The van der Waals surface area contributed by atoms with E-state index in [4.69, 9.17) is 0 Å². The van der Waals surface area contributed by atoms with Gasteiger partial charge in [-0.25, -0.2) is 0 Å². The molecule has 0 saturated heterocycles. The molecule has 0 aromatic heterocycles. The topological polar surface area (TPSA) is 17.1 Å². The molecule has 1 aliphatic carbocycles. The van der Waals surface area contributed by atoms with Gasteiger partial charge in [0, 0.05) is 5.92 Å². The first kappa shape index (κ1) is 9.71. The predicted molar refractivity (Wildman–Crippen MR) is 54.8 cm³/mol. The summed E-state index contributed by atoms with van der Waals surface area (Å²) in [6.07, 6.45) is 4.58. The zero-order chi connectivity index (χ0) is 9.19. The van der Waals surface area contributed by atoms with Crippen molar-refractivity contribution in [1.82, 2.24) is 0 Å². The summed E-state index contributed by atoms with van der Waals surface area (Å²) in [4.78, 5) is 10.7. The average molecular weight is 182 g/mol. The molecule has 1 atom stereocenters. The Morgan fingerprint density at radius 3 is 2.58 bits per heavy atom. The second-order valence-corrected chi connectivity index (χ2v) is 9.74. The summed E-state index contributed by atoms with van der Waals surface area (Å²) in [6.45, 7) is 6.96. The molecule has 2 heteroatoms. The third-order valence-corrected chi connectivity index (χ3v) is 3.48. The van der Waals surface area contributed by atoms with Crippen molar-refractivity contribution in [2.75, 3.05) is 0 Å². The van der Waals surface area contributed by atoms with Crippen molar-refractivity contribution < 1.29 is 4.79 Å². The summed E-state index contributed by atoms with van der Waals surface area (Å²) in [7, 11) is -1.10. The van der Waals surface area contributed by atoms with E-state index in [2.05, 4.69) is 25.3 Å². The minimum atomic E-state index is -1.10. The maximum atomic E-state index is 10.7. The summed E-state index contributed by atoms with van der Waals surface area (Å²) in [5, 5.41) is 0. The second-order valence-electron chi connectivity index (χ2n) is 4.72. The van der Waals surface area contributed by atoms with Crippen LogP contribution in [0.4, 0.5) is 0 Å². The molecule has 0 spiro atoms. The Balaban J connectivity index is 2.73. The van der Waals surface area contributed by atoms with Crippen molar-refractivity contribution in [3.05, 3.63) is 11.3 Å². The first-order valence-electron chi connectivity index (χ1n) is 4.70. The fourth-order valence-corrected chi connectivity index (χ4v) is 3.26. The summed E-state index contributed by atoms with van der Waals surface area (Å²) >= 11 is 0. The Labute approximate surface area is 75.9 Å². The van der Waals surface area contributed by atoms with E-state index < -0.39 is 8.07 Å². The third-order valence-electron chi connectivity index (χ3n) is 2.24. The Morgan fingerprint density at radius 1 is 1.42 bits per heavy atom. The highest BCUT2D eigenvalue weighted by Gasteiger charge is 2.22. The third kappa shape index (κ3) is 2.59. The molecule has 0 aromatic carbocycles. The monoisotopic (exact) mass is 182 g/mol. The first-order valence-corrected chi connectivity index (χ1v) is 8.27. The van der Waals surface area contributed by atoms with E-state index in [9.17, 15) is 4.79 Å². The maximum Gasteiger partial charge on any atom is 0.127 e. The van der Waals surface area contributed by atoms with Gasteiger partial charge in [-0.2, -0.15) is 0 Å². The number of carbonyl (C=O) groups is 1. The molecule has 1 rings (SSSR count). The fraction of sp³-hybridized carbons (Fsp3) is 0.700. The molecule has 1 saturated carbocycles. The summed E-state index contributed by atoms with van der Waals surface area (Å²) in [6, 6.07) is 0. The van der Waals surface area contributed by atoms with E-state index in [1.807, 2.05) is 0 Å². The van der Waals surface area contributed by atoms with Crippen LogP contribution in [0, 0.1) is 5.92 Å².